The number of hydrogen-bond donors (Lipinski definition) is 1. The molecule has 1 N–H and O–H groups in total. The van der Waals surface area contributed by atoms with Crippen LogP contribution in [0.25, 0.3) is 0 Å². The summed E-state index contributed by atoms with van der Waals surface area (Å²) in [5.74, 6) is 1.53. The predicted molar refractivity (Wildman–Crippen MR) is 69.3 cm³/mol. The molecule has 17 heavy (non-hydrogen) atoms. The van der Waals surface area contributed by atoms with Crippen molar-refractivity contribution < 1.29 is 4.74 Å². The number of rotatable bonds is 3. The summed E-state index contributed by atoms with van der Waals surface area (Å²) < 4.78 is 5.32. The molecule has 3 rings (SSSR count). The largest absolute Gasteiger partial charge is 0.380 e. The second kappa shape index (κ2) is 5.19. The van der Waals surface area contributed by atoms with Crippen LogP contribution in [0.15, 0.2) is 24.3 Å². The van der Waals surface area contributed by atoms with Crippen LogP contribution in [0, 0.1) is 5.92 Å². The topological polar surface area (TPSA) is 21.3 Å². The van der Waals surface area contributed by atoms with Gasteiger partial charge in [0.25, 0.3) is 0 Å². The second-order valence-corrected chi connectivity index (χ2v) is 5.33. The highest BCUT2D eigenvalue weighted by Gasteiger charge is 2.24. The molecule has 2 heterocycles. The van der Waals surface area contributed by atoms with Gasteiger partial charge in [-0.1, -0.05) is 24.3 Å². The van der Waals surface area contributed by atoms with Crippen molar-refractivity contribution in [1.82, 2.24) is 5.32 Å². The minimum Gasteiger partial charge on any atom is -0.380 e. The molecule has 0 atom stereocenters. The van der Waals surface area contributed by atoms with E-state index in [-0.39, 0.29) is 0 Å². The van der Waals surface area contributed by atoms with Gasteiger partial charge in [0.2, 0.25) is 0 Å². The van der Waals surface area contributed by atoms with Gasteiger partial charge in [-0.2, -0.15) is 0 Å². The monoisotopic (exact) mass is 231 g/mol. The molecule has 0 bridgehead atoms. The standard InChI is InChI=1S/C15H21NO/c1-2-4-15(14-10-17-11-14)13(3-1)9-12-5-7-16-8-6-12/h1-4,12,14,16H,5-11H2. The van der Waals surface area contributed by atoms with Crippen LogP contribution in [0.3, 0.4) is 0 Å². The fourth-order valence-electron chi connectivity index (χ4n) is 2.93. The summed E-state index contributed by atoms with van der Waals surface area (Å²) in [4.78, 5) is 0. The van der Waals surface area contributed by atoms with Crippen molar-refractivity contribution in [3.05, 3.63) is 35.4 Å². The van der Waals surface area contributed by atoms with Gasteiger partial charge in [-0.15, -0.1) is 0 Å². The fourth-order valence-corrected chi connectivity index (χ4v) is 2.93. The van der Waals surface area contributed by atoms with Gasteiger partial charge in [-0.05, 0) is 49.4 Å². The lowest BCUT2D eigenvalue weighted by Crippen LogP contribution is -2.30. The Labute approximate surface area is 103 Å². The van der Waals surface area contributed by atoms with Gasteiger partial charge >= 0.3 is 0 Å². The third-order valence-electron chi connectivity index (χ3n) is 4.10. The zero-order chi connectivity index (χ0) is 11.5. The summed E-state index contributed by atoms with van der Waals surface area (Å²) in [7, 11) is 0. The van der Waals surface area contributed by atoms with E-state index in [1.165, 1.54) is 37.9 Å². The minimum absolute atomic E-state index is 0.660. The maximum Gasteiger partial charge on any atom is 0.0557 e. The van der Waals surface area contributed by atoms with Gasteiger partial charge in [-0.3, -0.25) is 0 Å². The molecule has 0 aliphatic carbocycles. The third-order valence-corrected chi connectivity index (χ3v) is 4.10. The normalized spacial score (nSPS) is 22.4. The average Bonchev–Trinajstić information content (AvgIpc) is 2.31. The Morgan fingerprint density at radius 1 is 1.12 bits per heavy atom. The molecular formula is C15H21NO. The van der Waals surface area contributed by atoms with Gasteiger partial charge in [0.1, 0.15) is 0 Å². The lowest BCUT2D eigenvalue weighted by molar-refractivity contribution is 0.00799. The summed E-state index contributed by atoms with van der Waals surface area (Å²) >= 11 is 0. The molecule has 2 saturated heterocycles. The van der Waals surface area contributed by atoms with Crippen molar-refractivity contribution in [2.45, 2.75) is 25.2 Å². The van der Waals surface area contributed by atoms with Gasteiger partial charge in [-0.25, -0.2) is 0 Å². The Bertz CT molecular complexity index is 367. The Hall–Kier alpha value is -0.860. The fraction of sp³-hybridized carbons (Fsp3) is 0.600. The Balaban J connectivity index is 1.72. The second-order valence-electron chi connectivity index (χ2n) is 5.33. The third kappa shape index (κ3) is 2.53. The Morgan fingerprint density at radius 2 is 1.88 bits per heavy atom. The molecular weight excluding hydrogens is 210 g/mol. The molecule has 2 heteroatoms. The minimum atomic E-state index is 0.660. The van der Waals surface area contributed by atoms with Crippen molar-refractivity contribution in [3.63, 3.8) is 0 Å². The first-order valence-electron chi connectivity index (χ1n) is 6.80. The van der Waals surface area contributed by atoms with Gasteiger partial charge in [0, 0.05) is 5.92 Å². The predicted octanol–water partition coefficient (Wildman–Crippen LogP) is 2.34. The van der Waals surface area contributed by atoms with Gasteiger partial charge in [0.05, 0.1) is 13.2 Å². The number of ether oxygens (including phenoxy) is 1. The Morgan fingerprint density at radius 3 is 2.59 bits per heavy atom. The summed E-state index contributed by atoms with van der Waals surface area (Å²) in [6, 6.07) is 8.96. The summed E-state index contributed by atoms with van der Waals surface area (Å²) in [5, 5.41) is 3.44. The molecule has 0 amide bonds. The number of benzene rings is 1. The van der Waals surface area contributed by atoms with Crippen molar-refractivity contribution in [2.75, 3.05) is 26.3 Å². The first-order valence-corrected chi connectivity index (χ1v) is 6.80. The van der Waals surface area contributed by atoms with Crippen LogP contribution in [-0.4, -0.2) is 26.3 Å². The van der Waals surface area contributed by atoms with Crippen LogP contribution < -0.4 is 5.32 Å². The van der Waals surface area contributed by atoms with Gasteiger partial charge < -0.3 is 10.1 Å². The van der Waals surface area contributed by atoms with Crippen LogP contribution >= 0.6 is 0 Å². The molecule has 1 aromatic carbocycles. The van der Waals surface area contributed by atoms with Crippen LogP contribution in [0.5, 0.6) is 0 Å². The number of hydrogen-bond acceptors (Lipinski definition) is 2. The molecule has 2 nitrogen and oxygen atoms in total. The molecule has 0 spiro atoms. The summed E-state index contributed by atoms with van der Waals surface area (Å²) in [6.45, 7) is 4.23. The molecule has 1 aromatic rings. The van der Waals surface area contributed by atoms with Crippen LogP contribution in [0.1, 0.15) is 29.9 Å². The van der Waals surface area contributed by atoms with Crippen LogP contribution in [0.4, 0.5) is 0 Å². The average molecular weight is 231 g/mol. The van der Waals surface area contributed by atoms with Crippen molar-refractivity contribution >= 4 is 0 Å². The van der Waals surface area contributed by atoms with Crippen molar-refractivity contribution in [3.8, 4) is 0 Å². The maximum atomic E-state index is 5.32. The highest BCUT2D eigenvalue weighted by atomic mass is 16.5. The molecule has 2 fully saturated rings. The van der Waals surface area contributed by atoms with E-state index in [1.807, 2.05) is 0 Å². The van der Waals surface area contributed by atoms with Crippen LogP contribution in [0.2, 0.25) is 0 Å². The SMILES string of the molecule is c1ccc(C2COC2)c(CC2CCNCC2)c1. The van der Waals surface area contributed by atoms with E-state index in [2.05, 4.69) is 29.6 Å². The van der Waals surface area contributed by atoms with Crippen LogP contribution in [-0.2, 0) is 11.2 Å². The molecule has 2 aliphatic rings. The lowest BCUT2D eigenvalue weighted by atomic mass is 9.85. The van der Waals surface area contributed by atoms with E-state index >= 15 is 0 Å². The zero-order valence-corrected chi connectivity index (χ0v) is 10.3. The summed E-state index contributed by atoms with van der Waals surface area (Å²) in [6.07, 6.45) is 3.92. The van der Waals surface area contributed by atoms with Gasteiger partial charge in [0.15, 0.2) is 0 Å². The lowest BCUT2D eigenvalue weighted by Gasteiger charge is -2.30. The molecule has 0 unspecified atom stereocenters. The summed E-state index contributed by atoms with van der Waals surface area (Å²) in [5.41, 5.74) is 3.10. The van der Waals surface area contributed by atoms with E-state index in [0.29, 0.717) is 5.92 Å². The van der Waals surface area contributed by atoms with E-state index < -0.39 is 0 Å². The number of nitrogens with one attached hydrogen (secondary N) is 1. The zero-order valence-electron chi connectivity index (χ0n) is 10.3. The number of piperidine rings is 1. The smallest absolute Gasteiger partial charge is 0.0557 e. The maximum absolute atomic E-state index is 5.32. The molecule has 0 saturated carbocycles. The van der Waals surface area contributed by atoms with Crippen molar-refractivity contribution in [2.24, 2.45) is 5.92 Å². The first-order chi connectivity index (χ1) is 8.43. The van der Waals surface area contributed by atoms with E-state index in [9.17, 15) is 0 Å². The molecule has 0 aromatic heterocycles. The molecule has 0 radical (unpaired) electrons. The van der Waals surface area contributed by atoms with E-state index in [0.717, 1.165) is 19.1 Å². The van der Waals surface area contributed by atoms with E-state index in [1.54, 1.807) is 5.56 Å². The quantitative estimate of drug-likeness (QED) is 0.862. The highest BCUT2D eigenvalue weighted by molar-refractivity contribution is 5.32. The molecule has 2 aliphatic heterocycles. The molecule has 92 valence electrons. The Kier molecular flexibility index (Phi) is 3.44. The van der Waals surface area contributed by atoms with Crippen molar-refractivity contribution in [1.29, 1.82) is 0 Å². The first kappa shape index (κ1) is 11.2. The van der Waals surface area contributed by atoms with E-state index in [4.69, 9.17) is 4.74 Å². The highest BCUT2D eigenvalue weighted by Crippen LogP contribution is 2.29.